The fourth-order valence-electron chi connectivity index (χ4n) is 2.61. The van der Waals surface area contributed by atoms with Gasteiger partial charge < -0.3 is 15.3 Å². The zero-order valence-electron chi connectivity index (χ0n) is 13.3. The van der Waals surface area contributed by atoms with Gasteiger partial charge in [0, 0.05) is 26.2 Å². The molecule has 0 aromatic heterocycles. The fraction of sp³-hybridized carbons (Fsp3) is 0.647. The highest BCUT2D eigenvalue weighted by atomic mass is 19.1. The highest BCUT2D eigenvalue weighted by Crippen LogP contribution is 2.24. The Hall–Kier alpha value is -1.13. The van der Waals surface area contributed by atoms with Crippen LogP contribution in [0.5, 0.6) is 0 Å². The van der Waals surface area contributed by atoms with Crippen molar-refractivity contribution in [2.45, 2.75) is 46.3 Å². The van der Waals surface area contributed by atoms with Crippen LogP contribution < -0.4 is 10.2 Å². The molecule has 0 spiro atoms. The van der Waals surface area contributed by atoms with Crippen molar-refractivity contribution >= 4 is 5.69 Å². The summed E-state index contributed by atoms with van der Waals surface area (Å²) in [6.45, 7) is 9.56. The van der Waals surface area contributed by atoms with E-state index in [1.54, 1.807) is 6.07 Å². The Labute approximate surface area is 127 Å². The van der Waals surface area contributed by atoms with Crippen LogP contribution in [0.1, 0.15) is 39.2 Å². The molecule has 1 aromatic rings. The molecular formula is C17H27FN2O. The lowest BCUT2D eigenvalue weighted by atomic mass is 9.97. The first-order chi connectivity index (χ1) is 9.85. The Morgan fingerprint density at radius 2 is 1.95 bits per heavy atom. The molecule has 0 aliphatic carbocycles. The van der Waals surface area contributed by atoms with Gasteiger partial charge in [0.2, 0.25) is 0 Å². The van der Waals surface area contributed by atoms with E-state index in [9.17, 15) is 9.50 Å². The van der Waals surface area contributed by atoms with Crippen molar-refractivity contribution < 1.29 is 9.50 Å². The molecule has 0 bridgehead atoms. The van der Waals surface area contributed by atoms with E-state index in [0.29, 0.717) is 25.1 Å². The molecular weight excluding hydrogens is 267 g/mol. The van der Waals surface area contributed by atoms with Gasteiger partial charge in [0.25, 0.3) is 0 Å². The predicted molar refractivity (Wildman–Crippen MR) is 85.0 cm³/mol. The summed E-state index contributed by atoms with van der Waals surface area (Å²) in [5, 5.41) is 12.9. The topological polar surface area (TPSA) is 35.5 Å². The average Bonchev–Trinajstić information content (AvgIpc) is 2.39. The molecule has 21 heavy (non-hydrogen) atoms. The summed E-state index contributed by atoms with van der Waals surface area (Å²) >= 11 is 0. The summed E-state index contributed by atoms with van der Waals surface area (Å²) in [5.41, 5.74) is 1.85. The first kappa shape index (κ1) is 16.2. The first-order valence-electron chi connectivity index (χ1n) is 7.77. The lowest BCUT2D eigenvalue weighted by Gasteiger charge is -2.31. The number of rotatable bonds is 4. The minimum absolute atomic E-state index is 0.165. The van der Waals surface area contributed by atoms with E-state index in [2.05, 4.69) is 26.1 Å². The molecule has 1 saturated heterocycles. The minimum Gasteiger partial charge on any atom is -0.393 e. The summed E-state index contributed by atoms with van der Waals surface area (Å²) in [6.07, 6.45) is 1.20. The zero-order valence-corrected chi connectivity index (χ0v) is 13.3. The van der Waals surface area contributed by atoms with Crippen LogP contribution in [-0.4, -0.2) is 30.8 Å². The normalized spacial score (nSPS) is 17.3. The number of aliphatic hydroxyl groups is 1. The maximum atomic E-state index is 14.3. The third-order valence-electron chi connectivity index (χ3n) is 3.80. The molecule has 0 saturated carbocycles. The van der Waals surface area contributed by atoms with Gasteiger partial charge in [-0.05, 0) is 36.0 Å². The maximum Gasteiger partial charge on any atom is 0.146 e. The van der Waals surface area contributed by atoms with Crippen molar-refractivity contribution in [3.05, 3.63) is 29.6 Å². The van der Waals surface area contributed by atoms with Gasteiger partial charge in [0.15, 0.2) is 0 Å². The maximum absolute atomic E-state index is 14.3. The third-order valence-corrected chi connectivity index (χ3v) is 3.80. The lowest BCUT2D eigenvalue weighted by molar-refractivity contribution is 0.145. The number of hydrogen-bond donors (Lipinski definition) is 2. The summed E-state index contributed by atoms with van der Waals surface area (Å²) in [5.74, 6) is -0.165. The Bertz CT molecular complexity index is 462. The van der Waals surface area contributed by atoms with Gasteiger partial charge >= 0.3 is 0 Å². The number of piperidine rings is 1. The lowest BCUT2D eigenvalue weighted by Crippen LogP contribution is -2.36. The first-order valence-corrected chi connectivity index (χ1v) is 7.77. The van der Waals surface area contributed by atoms with Gasteiger partial charge in [-0.15, -0.1) is 0 Å². The number of halogens is 1. The van der Waals surface area contributed by atoms with Crippen molar-refractivity contribution in [1.29, 1.82) is 0 Å². The second-order valence-electron chi connectivity index (χ2n) is 7.17. The average molecular weight is 294 g/mol. The number of nitrogens with zero attached hydrogens (tertiary/aromatic N) is 1. The van der Waals surface area contributed by atoms with E-state index in [1.807, 2.05) is 17.0 Å². The van der Waals surface area contributed by atoms with Crippen LogP contribution in [0.2, 0.25) is 0 Å². The van der Waals surface area contributed by atoms with Crippen LogP contribution >= 0.6 is 0 Å². The second-order valence-corrected chi connectivity index (χ2v) is 7.17. The Morgan fingerprint density at radius 1 is 1.29 bits per heavy atom. The van der Waals surface area contributed by atoms with E-state index in [0.717, 1.165) is 25.2 Å². The minimum atomic E-state index is -0.231. The number of anilines is 1. The van der Waals surface area contributed by atoms with Crippen molar-refractivity contribution in [1.82, 2.24) is 5.32 Å². The Balaban J connectivity index is 1.94. The Kier molecular flexibility index (Phi) is 5.22. The van der Waals surface area contributed by atoms with Gasteiger partial charge in [0.1, 0.15) is 5.82 Å². The number of hydrogen-bond acceptors (Lipinski definition) is 3. The Morgan fingerprint density at radius 3 is 2.52 bits per heavy atom. The highest BCUT2D eigenvalue weighted by Gasteiger charge is 2.19. The predicted octanol–water partition coefficient (Wildman–Crippen LogP) is 2.92. The molecule has 0 radical (unpaired) electrons. The molecule has 0 atom stereocenters. The number of benzene rings is 1. The molecule has 118 valence electrons. The van der Waals surface area contributed by atoms with Gasteiger partial charge in [-0.1, -0.05) is 26.8 Å². The molecule has 2 N–H and O–H groups in total. The van der Waals surface area contributed by atoms with Crippen LogP contribution in [0.3, 0.4) is 0 Å². The molecule has 1 aromatic carbocycles. The van der Waals surface area contributed by atoms with E-state index < -0.39 is 0 Å². The summed E-state index contributed by atoms with van der Waals surface area (Å²) < 4.78 is 14.3. The van der Waals surface area contributed by atoms with E-state index in [4.69, 9.17) is 0 Å². The van der Waals surface area contributed by atoms with Crippen LogP contribution in [0.15, 0.2) is 18.2 Å². The molecule has 1 aliphatic heterocycles. The van der Waals surface area contributed by atoms with E-state index >= 15 is 0 Å². The number of aliphatic hydroxyl groups excluding tert-OH is 1. The molecule has 2 rings (SSSR count). The van der Waals surface area contributed by atoms with E-state index in [1.165, 1.54) is 0 Å². The largest absolute Gasteiger partial charge is 0.393 e. The molecule has 0 unspecified atom stereocenters. The highest BCUT2D eigenvalue weighted by molar-refractivity contribution is 5.49. The molecule has 0 amide bonds. The van der Waals surface area contributed by atoms with E-state index in [-0.39, 0.29) is 17.3 Å². The van der Waals surface area contributed by atoms with Gasteiger partial charge in [0.05, 0.1) is 11.8 Å². The summed E-state index contributed by atoms with van der Waals surface area (Å²) in [7, 11) is 0. The van der Waals surface area contributed by atoms with Crippen LogP contribution in [0.4, 0.5) is 10.1 Å². The summed E-state index contributed by atoms with van der Waals surface area (Å²) in [4.78, 5) is 2.02. The monoisotopic (exact) mass is 294 g/mol. The molecule has 1 heterocycles. The van der Waals surface area contributed by atoms with Gasteiger partial charge in [-0.25, -0.2) is 4.39 Å². The number of nitrogens with one attached hydrogen (secondary N) is 1. The molecule has 1 fully saturated rings. The van der Waals surface area contributed by atoms with Crippen LogP contribution in [0, 0.1) is 11.2 Å². The second kappa shape index (κ2) is 6.75. The smallest absolute Gasteiger partial charge is 0.146 e. The standard InChI is InChI=1S/C17H27FN2O/c1-17(2,3)12-19-11-13-4-5-16(15(18)10-13)20-8-6-14(21)7-9-20/h4-5,10,14,19,21H,6-9,11-12H2,1-3H3. The van der Waals surface area contributed by atoms with Crippen molar-refractivity contribution in [2.24, 2.45) is 5.41 Å². The SMILES string of the molecule is CC(C)(C)CNCc1ccc(N2CCC(O)CC2)c(F)c1. The van der Waals surface area contributed by atoms with Crippen molar-refractivity contribution in [3.8, 4) is 0 Å². The zero-order chi connectivity index (χ0) is 15.5. The van der Waals surface area contributed by atoms with Gasteiger partial charge in [-0.2, -0.15) is 0 Å². The fourth-order valence-corrected chi connectivity index (χ4v) is 2.61. The van der Waals surface area contributed by atoms with Gasteiger partial charge in [-0.3, -0.25) is 0 Å². The molecule has 3 nitrogen and oxygen atoms in total. The van der Waals surface area contributed by atoms with Crippen LogP contribution in [0.25, 0.3) is 0 Å². The van der Waals surface area contributed by atoms with Crippen LogP contribution in [-0.2, 0) is 6.54 Å². The third kappa shape index (κ3) is 4.97. The molecule has 4 heteroatoms. The molecule has 1 aliphatic rings. The van der Waals surface area contributed by atoms with Crippen molar-refractivity contribution in [2.75, 3.05) is 24.5 Å². The summed E-state index contributed by atoms with van der Waals surface area (Å²) in [6, 6.07) is 5.47. The van der Waals surface area contributed by atoms with Crippen molar-refractivity contribution in [3.63, 3.8) is 0 Å². The quantitative estimate of drug-likeness (QED) is 0.896.